The molecule has 3 N–H and O–H groups in total. The van der Waals surface area contributed by atoms with E-state index in [2.05, 4.69) is 51.1 Å². The fraction of sp³-hybridized carbons (Fsp3) is 0.552. The summed E-state index contributed by atoms with van der Waals surface area (Å²) in [5.41, 5.74) is 2.23. The standard InChI is InChI=1S/C29H39N5O3/c1-3-4-7-21(16-20-17-30-24-9-6-5-8-23(20)24)31-27(35)25-18-34-15-14-33(19-26(34)32-25)22-10-12-29(2,13-11-22)28(36)37/h5-6,8-9,17-18,21-22,30H,3-4,7,10-16,19H2,1-2H3,(H,31,35)(H,36,37). The van der Waals surface area contributed by atoms with Crippen molar-refractivity contribution in [2.24, 2.45) is 5.41 Å². The van der Waals surface area contributed by atoms with Gasteiger partial charge in [-0.1, -0.05) is 38.0 Å². The summed E-state index contributed by atoms with van der Waals surface area (Å²) in [5, 5.41) is 14.0. The van der Waals surface area contributed by atoms with Crippen molar-refractivity contribution in [3.05, 3.63) is 53.7 Å². The van der Waals surface area contributed by atoms with Gasteiger partial charge in [-0.25, -0.2) is 4.98 Å². The Kier molecular flexibility index (Phi) is 7.38. The first-order chi connectivity index (χ1) is 17.9. The van der Waals surface area contributed by atoms with Crippen LogP contribution in [0.25, 0.3) is 10.9 Å². The van der Waals surface area contributed by atoms with Crippen molar-refractivity contribution in [3.63, 3.8) is 0 Å². The zero-order valence-electron chi connectivity index (χ0n) is 22.0. The Morgan fingerprint density at radius 1 is 1.24 bits per heavy atom. The second-order valence-corrected chi connectivity index (χ2v) is 11.2. The third-order valence-corrected chi connectivity index (χ3v) is 8.54. The number of hydrogen-bond donors (Lipinski definition) is 3. The summed E-state index contributed by atoms with van der Waals surface area (Å²) in [5.74, 6) is 0.131. The number of amides is 1. The maximum atomic E-state index is 13.3. The van der Waals surface area contributed by atoms with Crippen molar-refractivity contribution in [1.82, 2.24) is 24.8 Å². The number of aromatic nitrogens is 3. The van der Waals surface area contributed by atoms with E-state index in [1.54, 1.807) is 0 Å². The molecule has 1 aliphatic heterocycles. The lowest BCUT2D eigenvalue weighted by molar-refractivity contribution is -0.150. The number of aromatic amines is 1. The Bertz CT molecular complexity index is 1250. The van der Waals surface area contributed by atoms with Gasteiger partial charge in [-0.3, -0.25) is 14.5 Å². The molecule has 37 heavy (non-hydrogen) atoms. The smallest absolute Gasteiger partial charge is 0.309 e. The summed E-state index contributed by atoms with van der Waals surface area (Å²) in [4.78, 5) is 35.4. The van der Waals surface area contributed by atoms with Gasteiger partial charge in [0.25, 0.3) is 5.91 Å². The number of nitrogens with zero attached hydrogens (tertiary/aromatic N) is 3. The molecule has 1 fully saturated rings. The lowest BCUT2D eigenvalue weighted by Gasteiger charge is -2.41. The molecule has 2 aromatic heterocycles. The summed E-state index contributed by atoms with van der Waals surface area (Å²) in [7, 11) is 0. The van der Waals surface area contributed by atoms with Crippen molar-refractivity contribution in [2.45, 2.75) is 90.4 Å². The molecule has 0 bridgehead atoms. The zero-order valence-corrected chi connectivity index (χ0v) is 22.0. The average molecular weight is 506 g/mol. The number of nitrogens with one attached hydrogen (secondary N) is 2. The Hall–Kier alpha value is -3.13. The summed E-state index contributed by atoms with van der Waals surface area (Å²) >= 11 is 0. The van der Waals surface area contributed by atoms with Crippen molar-refractivity contribution < 1.29 is 14.7 Å². The number of benzene rings is 1. The first-order valence-electron chi connectivity index (χ1n) is 13.8. The number of carbonyl (C=O) groups is 2. The molecule has 3 heterocycles. The van der Waals surface area contributed by atoms with Gasteiger partial charge >= 0.3 is 5.97 Å². The highest BCUT2D eigenvalue weighted by Crippen LogP contribution is 2.38. The number of carboxylic acid groups (broad SMARTS) is 1. The molecule has 1 unspecified atom stereocenters. The first kappa shape index (κ1) is 25.5. The molecule has 1 amide bonds. The van der Waals surface area contributed by atoms with Crippen LogP contribution in [0.1, 0.15) is 80.7 Å². The van der Waals surface area contributed by atoms with E-state index in [1.807, 2.05) is 19.2 Å². The van der Waals surface area contributed by atoms with Crippen LogP contribution in [0.5, 0.6) is 0 Å². The zero-order chi connectivity index (χ0) is 26.0. The van der Waals surface area contributed by atoms with Crippen LogP contribution >= 0.6 is 0 Å². The fourth-order valence-electron chi connectivity index (χ4n) is 6.01. The molecule has 3 aromatic rings. The third-order valence-electron chi connectivity index (χ3n) is 8.54. The molecule has 1 saturated carbocycles. The van der Waals surface area contributed by atoms with Crippen LogP contribution in [0.15, 0.2) is 36.7 Å². The van der Waals surface area contributed by atoms with E-state index >= 15 is 0 Å². The number of para-hydroxylation sites is 1. The van der Waals surface area contributed by atoms with E-state index in [9.17, 15) is 14.7 Å². The van der Waals surface area contributed by atoms with Crippen molar-refractivity contribution in [1.29, 1.82) is 0 Å². The van der Waals surface area contributed by atoms with Crippen LogP contribution in [0.2, 0.25) is 0 Å². The monoisotopic (exact) mass is 505 g/mol. The molecule has 0 spiro atoms. The van der Waals surface area contributed by atoms with Crippen molar-refractivity contribution in [3.8, 4) is 0 Å². The molecule has 8 nitrogen and oxygen atoms in total. The van der Waals surface area contributed by atoms with Gasteiger partial charge in [0, 0.05) is 48.5 Å². The predicted octanol–water partition coefficient (Wildman–Crippen LogP) is 4.74. The Labute approximate surface area is 218 Å². The average Bonchev–Trinajstić information content (AvgIpc) is 3.51. The van der Waals surface area contributed by atoms with Crippen LogP contribution in [0.4, 0.5) is 0 Å². The molecule has 2 aliphatic rings. The Morgan fingerprint density at radius 3 is 2.78 bits per heavy atom. The highest BCUT2D eigenvalue weighted by atomic mass is 16.4. The molecule has 198 valence electrons. The summed E-state index contributed by atoms with van der Waals surface area (Å²) in [6.07, 6.45) is 11.0. The molecule has 1 aliphatic carbocycles. The number of rotatable bonds is 9. The molecule has 8 heteroatoms. The third kappa shape index (κ3) is 5.44. The molecule has 0 radical (unpaired) electrons. The van der Waals surface area contributed by atoms with Gasteiger partial charge in [-0.15, -0.1) is 0 Å². The topological polar surface area (TPSA) is 103 Å². The maximum absolute atomic E-state index is 13.3. The number of imidazole rings is 1. The van der Waals surface area contributed by atoms with Crippen LogP contribution in [-0.4, -0.2) is 55.0 Å². The fourth-order valence-corrected chi connectivity index (χ4v) is 6.01. The van der Waals surface area contributed by atoms with E-state index < -0.39 is 11.4 Å². The second-order valence-electron chi connectivity index (χ2n) is 11.2. The Balaban J connectivity index is 1.23. The van der Waals surface area contributed by atoms with Crippen LogP contribution in [0, 0.1) is 5.41 Å². The number of H-pyrrole nitrogens is 1. The number of hydrogen-bond acceptors (Lipinski definition) is 4. The van der Waals surface area contributed by atoms with E-state index in [1.165, 1.54) is 10.9 Å². The van der Waals surface area contributed by atoms with Gasteiger partial charge in [-0.2, -0.15) is 0 Å². The lowest BCUT2D eigenvalue weighted by Crippen LogP contribution is -2.45. The van der Waals surface area contributed by atoms with Gasteiger partial charge in [-0.05, 0) is 57.1 Å². The van der Waals surface area contributed by atoms with Crippen LogP contribution in [-0.2, 0) is 24.3 Å². The molecular weight excluding hydrogens is 466 g/mol. The highest BCUT2D eigenvalue weighted by molar-refractivity contribution is 5.92. The number of fused-ring (bicyclic) bond motifs is 2. The SMILES string of the molecule is CCCCC(Cc1c[nH]c2ccccc12)NC(=O)c1cn2c(n1)CN(C1CCC(C)(C(=O)O)CC1)CC2. The number of unbranched alkanes of at least 4 members (excludes halogenated alkanes) is 1. The minimum Gasteiger partial charge on any atom is -0.481 e. The van der Waals surface area contributed by atoms with Crippen molar-refractivity contribution >= 4 is 22.8 Å². The molecular formula is C29H39N5O3. The largest absolute Gasteiger partial charge is 0.481 e. The lowest BCUT2D eigenvalue weighted by atomic mass is 9.73. The molecule has 0 saturated heterocycles. The van der Waals surface area contributed by atoms with Gasteiger partial charge in [0.2, 0.25) is 0 Å². The molecule has 5 rings (SSSR count). The van der Waals surface area contributed by atoms with Crippen molar-refractivity contribution in [2.75, 3.05) is 6.54 Å². The van der Waals surface area contributed by atoms with Gasteiger partial charge < -0.3 is 20.0 Å². The minimum atomic E-state index is -0.683. The highest BCUT2D eigenvalue weighted by Gasteiger charge is 2.39. The summed E-state index contributed by atoms with van der Waals surface area (Å²) in [6, 6.07) is 8.72. The number of carboxylic acids is 1. The number of aliphatic carboxylic acids is 1. The first-order valence-corrected chi connectivity index (χ1v) is 13.8. The summed E-state index contributed by atoms with van der Waals surface area (Å²) in [6.45, 7) is 6.45. The van der Waals surface area contributed by atoms with E-state index in [0.717, 1.165) is 63.0 Å². The number of carbonyl (C=O) groups excluding carboxylic acids is 1. The molecule has 1 atom stereocenters. The van der Waals surface area contributed by atoms with Crippen LogP contribution < -0.4 is 5.32 Å². The van der Waals surface area contributed by atoms with Gasteiger partial charge in [0.05, 0.1) is 12.0 Å². The van der Waals surface area contributed by atoms with Gasteiger partial charge in [0.15, 0.2) is 0 Å². The minimum absolute atomic E-state index is 0.0488. The van der Waals surface area contributed by atoms with E-state index in [4.69, 9.17) is 4.98 Å². The van der Waals surface area contributed by atoms with E-state index in [0.29, 0.717) is 31.1 Å². The second kappa shape index (κ2) is 10.7. The molecule has 1 aromatic carbocycles. The Morgan fingerprint density at radius 2 is 2.03 bits per heavy atom. The summed E-state index contributed by atoms with van der Waals surface area (Å²) < 4.78 is 2.11. The van der Waals surface area contributed by atoms with Gasteiger partial charge in [0.1, 0.15) is 11.5 Å². The maximum Gasteiger partial charge on any atom is 0.309 e. The van der Waals surface area contributed by atoms with Crippen LogP contribution in [0.3, 0.4) is 0 Å². The predicted molar refractivity (Wildman–Crippen MR) is 143 cm³/mol. The van der Waals surface area contributed by atoms with E-state index in [-0.39, 0.29) is 11.9 Å². The normalized spacial score (nSPS) is 23.0. The quantitative estimate of drug-likeness (QED) is 0.390.